The number of carboxylic acid groups (broad SMARTS) is 1. The predicted molar refractivity (Wildman–Crippen MR) is 116 cm³/mol. The van der Waals surface area contributed by atoms with Crippen molar-refractivity contribution in [1.82, 2.24) is 5.32 Å². The van der Waals surface area contributed by atoms with E-state index in [0.29, 0.717) is 18.3 Å². The number of carboxylic acids is 1. The molecule has 3 rings (SSSR count). The number of allylic oxidation sites excluding steroid dienone is 2. The van der Waals surface area contributed by atoms with Crippen LogP contribution in [0.5, 0.6) is 0 Å². The third kappa shape index (κ3) is 6.34. The van der Waals surface area contributed by atoms with Crippen LogP contribution in [-0.4, -0.2) is 23.1 Å². The van der Waals surface area contributed by atoms with Crippen LogP contribution in [0.1, 0.15) is 58.3 Å². The van der Waals surface area contributed by atoms with Crippen LogP contribution in [0.15, 0.2) is 42.5 Å². The number of rotatable bonds is 10. The van der Waals surface area contributed by atoms with Gasteiger partial charge in [0.15, 0.2) is 0 Å². The second-order valence-electron chi connectivity index (χ2n) is 8.76. The molecular formula is C24H34N2O3. The maximum atomic E-state index is 12.3. The van der Waals surface area contributed by atoms with Crippen molar-refractivity contribution in [2.75, 3.05) is 5.32 Å². The number of carbonyl (C=O) groups is 2. The number of anilines is 1. The highest BCUT2D eigenvalue weighted by atomic mass is 16.4. The summed E-state index contributed by atoms with van der Waals surface area (Å²) < 4.78 is 0. The molecule has 1 aromatic rings. The summed E-state index contributed by atoms with van der Waals surface area (Å²) in [4.78, 5) is 22.9. The molecule has 1 aromatic carbocycles. The second kappa shape index (κ2) is 10.5. The minimum absolute atomic E-state index is 0.137. The van der Waals surface area contributed by atoms with Crippen LogP contribution >= 0.6 is 0 Å². The van der Waals surface area contributed by atoms with Crippen molar-refractivity contribution in [2.24, 2.45) is 23.7 Å². The molecule has 5 heteroatoms. The predicted octanol–water partition coefficient (Wildman–Crippen LogP) is 5.45. The fourth-order valence-corrected chi connectivity index (χ4v) is 5.39. The largest absolute Gasteiger partial charge is 0.481 e. The molecule has 0 spiro atoms. The monoisotopic (exact) mass is 398 g/mol. The zero-order valence-corrected chi connectivity index (χ0v) is 17.3. The first-order valence-electron chi connectivity index (χ1n) is 11.0. The first-order chi connectivity index (χ1) is 14.0. The first kappa shape index (κ1) is 21.4. The molecule has 3 N–H and O–H groups in total. The molecule has 5 atom stereocenters. The Balaban J connectivity index is 1.45. The van der Waals surface area contributed by atoms with Crippen molar-refractivity contribution in [3.05, 3.63) is 42.5 Å². The summed E-state index contributed by atoms with van der Waals surface area (Å²) in [6, 6.07) is 9.54. The van der Waals surface area contributed by atoms with Crippen LogP contribution in [0.2, 0.25) is 0 Å². The van der Waals surface area contributed by atoms with E-state index in [2.05, 4.69) is 29.7 Å². The van der Waals surface area contributed by atoms with Crippen molar-refractivity contribution in [1.29, 1.82) is 0 Å². The van der Waals surface area contributed by atoms with E-state index < -0.39 is 5.97 Å². The van der Waals surface area contributed by atoms with Crippen molar-refractivity contribution in [2.45, 2.75) is 64.3 Å². The molecule has 0 radical (unpaired) electrons. The molecule has 5 unspecified atom stereocenters. The van der Waals surface area contributed by atoms with Gasteiger partial charge in [-0.1, -0.05) is 30.4 Å². The van der Waals surface area contributed by atoms with Crippen molar-refractivity contribution >= 4 is 17.7 Å². The summed E-state index contributed by atoms with van der Waals surface area (Å²) in [5.41, 5.74) is 0.808. The van der Waals surface area contributed by atoms with Crippen molar-refractivity contribution < 1.29 is 14.7 Å². The zero-order chi connectivity index (χ0) is 20.6. The Bertz CT molecular complexity index is 703. The van der Waals surface area contributed by atoms with Gasteiger partial charge in [0, 0.05) is 18.2 Å². The fraction of sp³-hybridized carbons (Fsp3) is 0.583. The van der Waals surface area contributed by atoms with Crippen LogP contribution in [-0.2, 0) is 4.79 Å². The van der Waals surface area contributed by atoms with Gasteiger partial charge < -0.3 is 15.7 Å². The maximum absolute atomic E-state index is 12.3. The first-order valence-corrected chi connectivity index (χ1v) is 11.0. The molecular weight excluding hydrogens is 364 g/mol. The Labute approximate surface area is 174 Å². The lowest BCUT2D eigenvalue weighted by Crippen LogP contribution is -2.39. The number of amides is 2. The molecule has 0 aromatic heterocycles. The maximum Gasteiger partial charge on any atom is 0.319 e. The fourth-order valence-electron chi connectivity index (χ4n) is 5.39. The van der Waals surface area contributed by atoms with Gasteiger partial charge in [-0.25, -0.2) is 4.79 Å². The Morgan fingerprint density at radius 1 is 1.14 bits per heavy atom. The summed E-state index contributed by atoms with van der Waals surface area (Å²) in [5.74, 6) is 2.27. The summed E-state index contributed by atoms with van der Waals surface area (Å²) in [7, 11) is 0. The van der Waals surface area contributed by atoms with E-state index in [-0.39, 0.29) is 18.5 Å². The van der Waals surface area contributed by atoms with E-state index in [0.717, 1.165) is 36.8 Å². The zero-order valence-electron chi connectivity index (χ0n) is 17.3. The Kier molecular flexibility index (Phi) is 7.73. The molecule has 2 aliphatic rings. The molecule has 0 saturated heterocycles. The lowest BCUT2D eigenvalue weighted by molar-refractivity contribution is -0.137. The number of aliphatic carboxylic acids is 1. The lowest BCUT2D eigenvalue weighted by atomic mass is 9.74. The van der Waals surface area contributed by atoms with Crippen LogP contribution in [0.25, 0.3) is 0 Å². The average Bonchev–Trinajstić information content (AvgIpc) is 3.27. The third-order valence-electron chi connectivity index (χ3n) is 6.65. The highest BCUT2D eigenvalue weighted by Gasteiger charge is 2.46. The van der Waals surface area contributed by atoms with E-state index in [4.69, 9.17) is 5.11 Å². The van der Waals surface area contributed by atoms with E-state index in [1.165, 1.54) is 19.3 Å². The van der Waals surface area contributed by atoms with Crippen molar-refractivity contribution in [3.8, 4) is 0 Å². The number of carbonyl (C=O) groups excluding carboxylic acids is 1. The van der Waals surface area contributed by atoms with E-state index in [1.807, 2.05) is 30.3 Å². The quantitative estimate of drug-likeness (QED) is 0.362. The molecule has 2 aliphatic carbocycles. The second-order valence-corrected chi connectivity index (χ2v) is 8.76. The Morgan fingerprint density at radius 3 is 2.59 bits per heavy atom. The molecule has 2 fully saturated rings. The molecule has 0 aliphatic heterocycles. The summed E-state index contributed by atoms with van der Waals surface area (Å²) >= 11 is 0. The Morgan fingerprint density at radius 2 is 1.86 bits per heavy atom. The number of para-hydroxylation sites is 1. The van der Waals surface area contributed by atoms with Gasteiger partial charge in [-0.15, -0.1) is 0 Å². The van der Waals surface area contributed by atoms with Gasteiger partial charge in [-0.05, 0) is 87.7 Å². The minimum atomic E-state index is -0.718. The number of benzene rings is 1. The standard InChI is InChI=1S/C24H34N2O3/c1-17(25-24(29)26-20-9-5-4-6-10-20)15-22-19-14-13-18(16-19)21(22)11-7-2-3-8-12-23(27)28/h2,4-7,9-10,17-19,21-22H,3,8,11-16H2,1H3,(H,27,28)(H2,25,26,29). The normalized spacial score (nSPS) is 26.5. The summed E-state index contributed by atoms with van der Waals surface area (Å²) in [5, 5.41) is 14.7. The number of hydrogen-bond donors (Lipinski definition) is 3. The smallest absolute Gasteiger partial charge is 0.319 e. The molecule has 0 heterocycles. The van der Waals surface area contributed by atoms with Gasteiger partial charge in [0.25, 0.3) is 0 Å². The summed E-state index contributed by atoms with van der Waals surface area (Å²) in [6.07, 6.45) is 12.3. The van der Waals surface area contributed by atoms with Gasteiger partial charge in [0.1, 0.15) is 0 Å². The van der Waals surface area contributed by atoms with E-state index in [1.54, 1.807) is 0 Å². The average molecular weight is 399 g/mol. The lowest BCUT2D eigenvalue weighted by Gasteiger charge is -2.32. The number of nitrogens with one attached hydrogen (secondary N) is 2. The minimum Gasteiger partial charge on any atom is -0.481 e. The molecule has 5 nitrogen and oxygen atoms in total. The van der Waals surface area contributed by atoms with E-state index >= 15 is 0 Å². The van der Waals surface area contributed by atoms with Crippen LogP contribution in [0, 0.1) is 23.7 Å². The van der Waals surface area contributed by atoms with Crippen LogP contribution in [0.4, 0.5) is 10.5 Å². The molecule has 158 valence electrons. The van der Waals surface area contributed by atoms with Crippen LogP contribution in [0.3, 0.4) is 0 Å². The van der Waals surface area contributed by atoms with Crippen LogP contribution < -0.4 is 10.6 Å². The van der Waals surface area contributed by atoms with Gasteiger partial charge in [0.2, 0.25) is 0 Å². The number of hydrogen-bond acceptors (Lipinski definition) is 2. The van der Waals surface area contributed by atoms with E-state index in [9.17, 15) is 9.59 Å². The van der Waals surface area contributed by atoms with Gasteiger partial charge in [-0.3, -0.25) is 4.79 Å². The molecule has 2 bridgehead atoms. The highest BCUT2D eigenvalue weighted by molar-refractivity contribution is 5.89. The number of fused-ring (bicyclic) bond motifs is 2. The number of urea groups is 1. The molecule has 2 saturated carbocycles. The Hall–Kier alpha value is -2.30. The van der Waals surface area contributed by atoms with Gasteiger partial charge >= 0.3 is 12.0 Å². The number of unbranched alkanes of at least 4 members (excludes halogenated alkanes) is 1. The SMILES string of the molecule is CC(CC1C2CCC(C2)C1CC=CCCCC(=O)O)NC(=O)Nc1ccccc1. The molecule has 2 amide bonds. The van der Waals surface area contributed by atoms with Crippen molar-refractivity contribution in [3.63, 3.8) is 0 Å². The molecule has 29 heavy (non-hydrogen) atoms. The highest BCUT2D eigenvalue weighted by Crippen LogP contribution is 2.55. The summed E-state index contributed by atoms with van der Waals surface area (Å²) in [6.45, 7) is 2.11. The van der Waals surface area contributed by atoms with Gasteiger partial charge in [-0.2, -0.15) is 0 Å². The van der Waals surface area contributed by atoms with Gasteiger partial charge in [0.05, 0.1) is 0 Å². The third-order valence-corrected chi connectivity index (χ3v) is 6.65. The topological polar surface area (TPSA) is 78.4 Å².